The van der Waals surface area contributed by atoms with E-state index in [2.05, 4.69) is 4.29 Å². The van der Waals surface area contributed by atoms with Crippen molar-refractivity contribution in [2.75, 3.05) is 0 Å². The molecule has 1 aromatic rings. The molecule has 12 heavy (non-hydrogen) atoms. The first-order chi connectivity index (χ1) is 5.65. The molecule has 0 heterocycles. The monoisotopic (exact) mass is 208 g/mol. The highest BCUT2D eigenvalue weighted by atomic mass is 35.5. The van der Waals surface area contributed by atoms with E-state index >= 15 is 0 Å². The molecule has 0 atom stereocenters. The van der Waals surface area contributed by atoms with Gasteiger partial charge in [0.2, 0.25) is 0 Å². The van der Waals surface area contributed by atoms with Crippen LogP contribution in [-0.2, 0) is 4.29 Å². The van der Waals surface area contributed by atoms with Crippen LogP contribution in [0.5, 0.6) is 0 Å². The number of halogens is 3. The Hall–Kier alpha value is -0.800. The van der Waals surface area contributed by atoms with Crippen molar-refractivity contribution in [2.24, 2.45) is 0 Å². The van der Waals surface area contributed by atoms with Crippen molar-refractivity contribution in [3.63, 3.8) is 0 Å². The minimum absolute atomic E-state index is 0.207. The lowest BCUT2D eigenvalue weighted by Crippen LogP contribution is -2.01. The van der Waals surface area contributed by atoms with Gasteiger partial charge in [0.15, 0.2) is 0 Å². The molecule has 2 nitrogen and oxygen atoms in total. The Labute approximate surface area is 78.0 Å². The van der Waals surface area contributed by atoms with Gasteiger partial charge in [0.25, 0.3) is 0 Å². The largest absolute Gasteiger partial charge is 0.359 e. The number of rotatable bonds is 1. The lowest BCUT2D eigenvalue weighted by molar-refractivity contribution is 0.0746. The Morgan fingerprint density at radius 1 is 1.50 bits per heavy atom. The van der Waals surface area contributed by atoms with E-state index in [4.69, 9.17) is 23.5 Å². The van der Waals surface area contributed by atoms with Gasteiger partial charge in [0.1, 0.15) is 17.7 Å². The summed E-state index contributed by atoms with van der Waals surface area (Å²) in [6, 6.07) is 3.57. The van der Waals surface area contributed by atoms with Gasteiger partial charge < -0.3 is 4.29 Å². The second-order valence-corrected chi connectivity index (χ2v) is 2.58. The van der Waals surface area contributed by atoms with Crippen LogP contribution in [0.15, 0.2) is 18.2 Å². The molecule has 0 saturated heterocycles. The lowest BCUT2D eigenvalue weighted by Gasteiger charge is -1.97. The molecule has 0 aliphatic carbocycles. The molecule has 0 saturated carbocycles. The van der Waals surface area contributed by atoms with E-state index in [9.17, 15) is 9.18 Å². The molecule has 0 spiro atoms. The molecule has 0 aliphatic rings. The first kappa shape index (κ1) is 9.29. The van der Waals surface area contributed by atoms with Crippen molar-refractivity contribution in [1.29, 1.82) is 0 Å². The first-order valence-corrected chi connectivity index (χ1v) is 3.62. The Morgan fingerprint density at radius 2 is 2.17 bits per heavy atom. The SMILES string of the molecule is O=C(OCl)c1ccc(Cl)cc1F. The fraction of sp³-hybridized carbons (Fsp3) is 0. The van der Waals surface area contributed by atoms with Crippen molar-refractivity contribution in [3.8, 4) is 0 Å². The van der Waals surface area contributed by atoms with Crippen LogP contribution < -0.4 is 0 Å². The summed E-state index contributed by atoms with van der Waals surface area (Å²) >= 11 is 10.2. The smallest absolute Gasteiger partial charge is 0.343 e. The van der Waals surface area contributed by atoms with E-state index in [1.807, 2.05) is 0 Å². The van der Waals surface area contributed by atoms with E-state index in [1.165, 1.54) is 12.1 Å². The minimum atomic E-state index is -0.939. The third-order valence-corrected chi connectivity index (χ3v) is 1.60. The zero-order valence-electron chi connectivity index (χ0n) is 5.68. The Balaban J connectivity index is 3.09. The average Bonchev–Trinajstić information content (AvgIpc) is 2.03. The number of benzene rings is 1. The summed E-state index contributed by atoms with van der Waals surface area (Å²) in [5, 5.41) is 0.207. The highest BCUT2D eigenvalue weighted by Gasteiger charge is 2.12. The molecule has 0 aliphatic heterocycles. The minimum Gasteiger partial charge on any atom is -0.343 e. The van der Waals surface area contributed by atoms with Gasteiger partial charge in [0.05, 0.1) is 5.56 Å². The number of carbonyl (C=O) groups is 1. The second kappa shape index (κ2) is 3.74. The highest BCUT2D eigenvalue weighted by Crippen LogP contribution is 2.15. The molecular weight excluding hydrogens is 206 g/mol. The van der Waals surface area contributed by atoms with Gasteiger partial charge in [-0.05, 0) is 18.2 Å². The lowest BCUT2D eigenvalue weighted by atomic mass is 10.2. The number of carbonyl (C=O) groups excluding carboxylic acids is 1. The van der Waals surface area contributed by atoms with Crippen molar-refractivity contribution >= 4 is 29.4 Å². The summed E-state index contributed by atoms with van der Waals surface area (Å²) in [5.74, 6) is -1.70. The molecule has 1 aromatic carbocycles. The molecule has 0 fully saturated rings. The van der Waals surface area contributed by atoms with Gasteiger partial charge in [-0.15, -0.1) is 0 Å². The van der Waals surface area contributed by atoms with E-state index in [1.54, 1.807) is 0 Å². The summed E-state index contributed by atoms with van der Waals surface area (Å²) in [7, 11) is 0. The molecule has 0 N–H and O–H groups in total. The maximum Gasteiger partial charge on any atom is 0.359 e. The van der Waals surface area contributed by atoms with Crippen LogP contribution in [0.3, 0.4) is 0 Å². The molecule has 64 valence electrons. The van der Waals surface area contributed by atoms with Gasteiger partial charge in [-0.1, -0.05) is 11.6 Å². The predicted molar refractivity (Wildman–Crippen MR) is 42.7 cm³/mol. The van der Waals surface area contributed by atoms with E-state index in [0.29, 0.717) is 0 Å². The van der Waals surface area contributed by atoms with Crippen LogP contribution in [0.2, 0.25) is 5.02 Å². The molecule has 0 radical (unpaired) electrons. The standard InChI is InChI=1S/C7H3Cl2FO2/c8-4-1-2-5(6(10)3-4)7(11)12-9/h1-3H. The molecule has 1 rings (SSSR count). The summed E-state index contributed by atoms with van der Waals surface area (Å²) in [5.41, 5.74) is -0.241. The number of hydrogen-bond donors (Lipinski definition) is 0. The fourth-order valence-electron chi connectivity index (χ4n) is 0.697. The van der Waals surface area contributed by atoms with Crippen LogP contribution in [-0.4, -0.2) is 5.97 Å². The number of hydrogen-bond acceptors (Lipinski definition) is 2. The topological polar surface area (TPSA) is 26.3 Å². The Morgan fingerprint density at radius 3 is 2.67 bits per heavy atom. The predicted octanol–water partition coefficient (Wildman–Crippen LogP) is 2.79. The van der Waals surface area contributed by atoms with E-state index < -0.39 is 11.8 Å². The maximum absolute atomic E-state index is 12.8. The molecule has 0 unspecified atom stereocenters. The van der Waals surface area contributed by atoms with E-state index in [0.717, 1.165) is 6.07 Å². The molecular formula is C7H3Cl2FO2. The molecule has 0 bridgehead atoms. The van der Waals surface area contributed by atoms with Gasteiger partial charge in [0, 0.05) is 5.02 Å². The molecule has 0 amide bonds. The van der Waals surface area contributed by atoms with Crippen molar-refractivity contribution < 1.29 is 13.5 Å². The third-order valence-electron chi connectivity index (χ3n) is 1.22. The summed E-state index contributed by atoms with van der Waals surface area (Å²) in [6.45, 7) is 0. The maximum atomic E-state index is 12.8. The van der Waals surface area contributed by atoms with Gasteiger partial charge in [-0.2, -0.15) is 0 Å². The first-order valence-electron chi connectivity index (χ1n) is 2.93. The van der Waals surface area contributed by atoms with Crippen LogP contribution in [0.4, 0.5) is 4.39 Å². The van der Waals surface area contributed by atoms with Crippen molar-refractivity contribution in [3.05, 3.63) is 34.6 Å². The highest BCUT2D eigenvalue weighted by molar-refractivity contribution is 6.30. The summed E-state index contributed by atoms with van der Waals surface area (Å²) in [6.07, 6.45) is 0. The second-order valence-electron chi connectivity index (χ2n) is 1.99. The van der Waals surface area contributed by atoms with Gasteiger partial charge in [-0.3, -0.25) is 0 Å². The van der Waals surface area contributed by atoms with Crippen LogP contribution >= 0.6 is 23.5 Å². The molecule has 5 heteroatoms. The van der Waals surface area contributed by atoms with Gasteiger partial charge in [-0.25, -0.2) is 9.18 Å². The van der Waals surface area contributed by atoms with Crippen LogP contribution in [0.1, 0.15) is 10.4 Å². The van der Waals surface area contributed by atoms with Crippen molar-refractivity contribution in [1.82, 2.24) is 0 Å². The van der Waals surface area contributed by atoms with Crippen molar-refractivity contribution in [2.45, 2.75) is 0 Å². The zero-order valence-corrected chi connectivity index (χ0v) is 7.19. The van der Waals surface area contributed by atoms with Crippen LogP contribution in [0.25, 0.3) is 0 Å². The van der Waals surface area contributed by atoms with Crippen LogP contribution in [0, 0.1) is 5.82 Å². The summed E-state index contributed by atoms with van der Waals surface area (Å²) in [4.78, 5) is 10.7. The normalized spacial score (nSPS) is 9.58. The Kier molecular flexibility index (Phi) is 2.89. The van der Waals surface area contributed by atoms with E-state index in [-0.39, 0.29) is 10.6 Å². The van der Waals surface area contributed by atoms with Gasteiger partial charge >= 0.3 is 5.97 Å². The zero-order chi connectivity index (χ0) is 9.14. The average molecular weight is 209 g/mol. The molecule has 0 aromatic heterocycles. The fourth-order valence-corrected chi connectivity index (χ4v) is 0.938. The third kappa shape index (κ3) is 1.87. The summed E-state index contributed by atoms with van der Waals surface area (Å²) < 4.78 is 16.7. The quantitative estimate of drug-likeness (QED) is 0.710. The Bertz CT molecular complexity index is 314.